The molecule has 2 N–H and O–H groups in total. The highest BCUT2D eigenvalue weighted by molar-refractivity contribution is 6.01. The third-order valence-corrected chi connectivity index (χ3v) is 2.14. The molecule has 0 aliphatic heterocycles. The van der Waals surface area contributed by atoms with Gasteiger partial charge in [0.15, 0.2) is 5.78 Å². The number of aryl methyl sites for hydroxylation is 1. The summed E-state index contributed by atoms with van der Waals surface area (Å²) in [4.78, 5) is 15.4. The minimum absolute atomic E-state index is 0.000610. The van der Waals surface area contributed by atoms with Gasteiger partial charge in [0.2, 0.25) is 0 Å². The maximum Gasteiger partial charge on any atom is 0.196 e. The predicted molar refractivity (Wildman–Crippen MR) is 53.3 cm³/mol. The van der Waals surface area contributed by atoms with Crippen molar-refractivity contribution in [1.29, 1.82) is 0 Å². The smallest absolute Gasteiger partial charge is 0.196 e. The van der Waals surface area contributed by atoms with Crippen LogP contribution in [-0.2, 0) is 0 Å². The molecule has 2 aromatic heterocycles. The van der Waals surface area contributed by atoms with Crippen molar-refractivity contribution in [1.82, 2.24) is 9.38 Å². The third kappa shape index (κ3) is 1.29. The third-order valence-electron chi connectivity index (χ3n) is 2.14. The topological polar surface area (TPSA) is 60.4 Å². The van der Waals surface area contributed by atoms with Crippen molar-refractivity contribution in [2.24, 2.45) is 5.73 Å². The molecule has 0 aliphatic rings. The molecule has 0 atom stereocenters. The van der Waals surface area contributed by atoms with E-state index in [2.05, 4.69) is 4.98 Å². The molecule has 0 spiro atoms. The van der Waals surface area contributed by atoms with E-state index in [1.54, 1.807) is 6.33 Å². The maximum atomic E-state index is 11.4. The summed E-state index contributed by atoms with van der Waals surface area (Å²) in [6.07, 6.45) is 3.50. The summed E-state index contributed by atoms with van der Waals surface area (Å²) < 4.78 is 1.82. The molecule has 2 rings (SSSR count). The average molecular weight is 189 g/mol. The van der Waals surface area contributed by atoms with E-state index in [0.717, 1.165) is 11.1 Å². The van der Waals surface area contributed by atoms with Crippen LogP contribution in [0.25, 0.3) is 5.52 Å². The quantitative estimate of drug-likeness (QED) is 0.710. The summed E-state index contributed by atoms with van der Waals surface area (Å²) in [5, 5.41) is 0. The molecule has 0 fully saturated rings. The van der Waals surface area contributed by atoms with Gasteiger partial charge in [-0.2, -0.15) is 0 Å². The molecule has 2 heterocycles. The van der Waals surface area contributed by atoms with E-state index < -0.39 is 0 Å². The number of hydrogen-bond donors (Lipinski definition) is 1. The number of fused-ring (bicyclic) bond motifs is 1. The summed E-state index contributed by atoms with van der Waals surface area (Å²) in [5.41, 5.74) is 7.67. The maximum absolute atomic E-state index is 11.4. The highest BCUT2D eigenvalue weighted by atomic mass is 16.1. The fraction of sp³-hybridized carbons (Fsp3) is 0.200. The van der Waals surface area contributed by atoms with E-state index in [0.29, 0.717) is 5.69 Å². The SMILES string of the molecule is Cc1ccn2cnc(C(=O)CN)c2c1. The Morgan fingerprint density at radius 2 is 2.43 bits per heavy atom. The van der Waals surface area contributed by atoms with Crippen molar-refractivity contribution in [3.05, 3.63) is 35.9 Å². The summed E-state index contributed by atoms with van der Waals surface area (Å²) >= 11 is 0. The average Bonchev–Trinajstić information content (AvgIpc) is 2.59. The first-order valence-electron chi connectivity index (χ1n) is 4.39. The van der Waals surface area contributed by atoms with Gasteiger partial charge in [0.1, 0.15) is 12.0 Å². The zero-order valence-corrected chi connectivity index (χ0v) is 7.90. The van der Waals surface area contributed by atoms with E-state index in [1.165, 1.54) is 0 Å². The first-order valence-corrected chi connectivity index (χ1v) is 4.39. The second-order valence-electron chi connectivity index (χ2n) is 3.22. The second kappa shape index (κ2) is 3.23. The van der Waals surface area contributed by atoms with Crippen LogP contribution < -0.4 is 5.73 Å². The van der Waals surface area contributed by atoms with Gasteiger partial charge in [0, 0.05) is 6.20 Å². The lowest BCUT2D eigenvalue weighted by Gasteiger charge is -1.97. The Bertz CT molecular complexity index is 487. The van der Waals surface area contributed by atoms with Gasteiger partial charge in [-0.05, 0) is 24.6 Å². The fourth-order valence-electron chi connectivity index (χ4n) is 1.41. The standard InChI is InChI=1S/C10H11N3O/c1-7-2-3-13-6-12-10(8(13)4-7)9(14)5-11/h2-4,6H,5,11H2,1H3. The molecule has 0 radical (unpaired) electrons. The molecule has 72 valence electrons. The number of pyridine rings is 1. The molecule has 2 aromatic rings. The number of imidazole rings is 1. The molecular formula is C10H11N3O. The van der Waals surface area contributed by atoms with Gasteiger partial charge in [0.25, 0.3) is 0 Å². The number of nitrogens with two attached hydrogens (primary N) is 1. The first kappa shape index (κ1) is 8.90. The molecule has 0 unspecified atom stereocenters. The van der Waals surface area contributed by atoms with Crippen LogP contribution in [0.5, 0.6) is 0 Å². The van der Waals surface area contributed by atoms with Crippen LogP contribution in [0, 0.1) is 6.92 Å². The van der Waals surface area contributed by atoms with Gasteiger partial charge in [-0.1, -0.05) is 0 Å². The van der Waals surface area contributed by atoms with E-state index in [4.69, 9.17) is 5.73 Å². The van der Waals surface area contributed by atoms with Crippen LogP contribution in [0.3, 0.4) is 0 Å². The van der Waals surface area contributed by atoms with Crippen LogP contribution in [0.2, 0.25) is 0 Å². The molecule has 0 saturated carbocycles. The van der Waals surface area contributed by atoms with Crippen molar-refractivity contribution in [3.8, 4) is 0 Å². The Morgan fingerprint density at radius 3 is 3.14 bits per heavy atom. The van der Waals surface area contributed by atoms with Gasteiger partial charge < -0.3 is 10.1 Å². The molecule has 0 saturated heterocycles. The lowest BCUT2D eigenvalue weighted by atomic mass is 10.2. The van der Waals surface area contributed by atoms with Crippen LogP contribution >= 0.6 is 0 Å². The molecule has 0 aromatic carbocycles. The normalized spacial score (nSPS) is 10.7. The number of ketones is 1. The molecule has 4 heteroatoms. The Labute approximate surface area is 81.4 Å². The van der Waals surface area contributed by atoms with Gasteiger partial charge in [0.05, 0.1) is 12.1 Å². The fourth-order valence-corrected chi connectivity index (χ4v) is 1.41. The van der Waals surface area contributed by atoms with Crippen LogP contribution in [-0.4, -0.2) is 21.7 Å². The van der Waals surface area contributed by atoms with Gasteiger partial charge in [-0.25, -0.2) is 4.98 Å². The highest BCUT2D eigenvalue weighted by Gasteiger charge is 2.10. The van der Waals surface area contributed by atoms with Gasteiger partial charge >= 0.3 is 0 Å². The number of aromatic nitrogens is 2. The molecule has 0 bridgehead atoms. The van der Waals surface area contributed by atoms with E-state index in [1.807, 2.05) is 29.7 Å². The molecular weight excluding hydrogens is 178 g/mol. The number of nitrogens with zero attached hydrogens (tertiary/aromatic N) is 2. The van der Waals surface area contributed by atoms with Crippen LogP contribution in [0.4, 0.5) is 0 Å². The first-order chi connectivity index (χ1) is 6.72. The van der Waals surface area contributed by atoms with Crippen molar-refractivity contribution in [3.63, 3.8) is 0 Å². The zero-order valence-electron chi connectivity index (χ0n) is 7.90. The lowest BCUT2D eigenvalue weighted by molar-refractivity contribution is 0.0999. The summed E-state index contributed by atoms with van der Waals surface area (Å²) in [6, 6.07) is 3.89. The number of carbonyl (C=O) groups excluding carboxylic acids is 1. The number of Topliss-reactive ketones (excluding diaryl/α,β-unsaturated/α-hetero) is 1. The van der Waals surface area contributed by atoms with Crippen molar-refractivity contribution in [2.45, 2.75) is 6.92 Å². The van der Waals surface area contributed by atoms with Crippen molar-refractivity contribution in [2.75, 3.05) is 6.54 Å². The summed E-state index contributed by atoms with van der Waals surface area (Å²) in [6.45, 7) is 1.98. The number of rotatable bonds is 2. The van der Waals surface area contributed by atoms with E-state index >= 15 is 0 Å². The van der Waals surface area contributed by atoms with E-state index in [-0.39, 0.29) is 12.3 Å². The molecule has 4 nitrogen and oxygen atoms in total. The minimum atomic E-state index is -0.127. The predicted octanol–water partition coefficient (Wildman–Crippen LogP) is 0.784. The Balaban J connectivity index is 2.67. The van der Waals surface area contributed by atoms with Crippen molar-refractivity contribution < 1.29 is 4.79 Å². The monoisotopic (exact) mass is 189 g/mol. The van der Waals surface area contributed by atoms with Gasteiger partial charge in [-0.15, -0.1) is 0 Å². The van der Waals surface area contributed by atoms with Crippen LogP contribution in [0.1, 0.15) is 16.1 Å². The summed E-state index contributed by atoms with van der Waals surface area (Å²) in [7, 11) is 0. The molecule has 0 aliphatic carbocycles. The van der Waals surface area contributed by atoms with Gasteiger partial charge in [-0.3, -0.25) is 4.79 Å². The highest BCUT2D eigenvalue weighted by Crippen LogP contribution is 2.11. The molecule has 0 amide bonds. The number of carbonyl (C=O) groups is 1. The Hall–Kier alpha value is -1.68. The zero-order chi connectivity index (χ0) is 10.1. The minimum Gasteiger partial charge on any atom is -0.324 e. The Morgan fingerprint density at radius 1 is 1.64 bits per heavy atom. The van der Waals surface area contributed by atoms with E-state index in [9.17, 15) is 4.79 Å². The second-order valence-corrected chi connectivity index (χ2v) is 3.22. The summed E-state index contributed by atoms with van der Waals surface area (Å²) in [5.74, 6) is -0.127. The van der Waals surface area contributed by atoms with Crippen LogP contribution in [0.15, 0.2) is 24.7 Å². The number of hydrogen-bond acceptors (Lipinski definition) is 3. The lowest BCUT2D eigenvalue weighted by Crippen LogP contribution is -2.14. The Kier molecular flexibility index (Phi) is 2.05. The van der Waals surface area contributed by atoms with Crippen molar-refractivity contribution >= 4 is 11.3 Å². The molecule has 14 heavy (non-hydrogen) atoms. The largest absolute Gasteiger partial charge is 0.324 e.